The van der Waals surface area contributed by atoms with Crippen molar-refractivity contribution in [2.24, 2.45) is 0 Å². The minimum Gasteiger partial charge on any atom is -0.756 e. The Labute approximate surface area is 179 Å². The van der Waals surface area contributed by atoms with E-state index in [4.69, 9.17) is 18.5 Å². The molecule has 0 saturated heterocycles. The van der Waals surface area contributed by atoms with Gasteiger partial charge in [0.2, 0.25) is 0 Å². The van der Waals surface area contributed by atoms with Gasteiger partial charge in [-0.05, 0) is 6.42 Å². The Morgan fingerprint density at radius 1 is 0.655 bits per heavy atom. The van der Waals surface area contributed by atoms with Crippen LogP contribution < -0.4 is 4.89 Å². The first kappa shape index (κ1) is 29.0. The lowest BCUT2D eigenvalue weighted by atomic mass is 10.1. The van der Waals surface area contributed by atoms with E-state index in [-0.39, 0.29) is 19.8 Å². The van der Waals surface area contributed by atoms with Gasteiger partial charge in [0.15, 0.2) is 0 Å². The van der Waals surface area contributed by atoms with Gasteiger partial charge in [0.25, 0.3) is 7.82 Å². The van der Waals surface area contributed by atoms with Crippen molar-refractivity contribution in [2.75, 3.05) is 67.3 Å². The van der Waals surface area contributed by atoms with Crippen LogP contribution in [0.2, 0.25) is 0 Å². The average Bonchev–Trinajstić information content (AvgIpc) is 2.63. The predicted octanol–water partition coefficient (Wildman–Crippen LogP) is 4.15. The SMILES string of the molecule is CCCCCCCCCCCCOCCOCCOP(=O)([O-])OCC[N+](C)(C)C. The van der Waals surface area contributed by atoms with Gasteiger partial charge in [-0.15, -0.1) is 0 Å². The van der Waals surface area contributed by atoms with Gasteiger partial charge < -0.3 is 27.9 Å². The number of hydrogen-bond donors (Lipinski definition) is 0. The topological polar surface area (TPSA) is 77.1 Å². The fourth-order valence-electron chi connectivity index (χ4n) is 2.69. The molecule has 0 N–H and O–H groups in total. The van der Waals surface area contributed by atoms with E-state index in [2.05, 4.69) is 6.92 Å². The van der Waals surface area contributed by atoms with Gasteiger partial charge in [0, 0.05) is 6.61 Å². The van der Waals surface area contributed by atoms with Crippen LogP contribution in [0.5, 0.6) is 0 Å². The standard InChI is InChI=1S/C21H46NO6P/c1-5-6-7-8-9-10-11-12-13-14-16-25-18-19-26-20-21-28-29(23,24)27-17-15-22(2,3)4/h5-21H2,1-4H3. The van der Waals surface area contributed by atoms with Crippen LogP contribution in [0.25, 0.3) is 0 Å². The summed E-state index contributed by atoms with van der Waals surface area (Å²) < 4.78 is 32.6. The van der Waals surface area contributed by atoms with E-state index < -0.39 is 7.82 Å². The monoisotopic (exact) mass is 439 g/mol. The predicted molar refractivity (Wildman–Crippen MR) is 116 cm³/mol. The molecule has 0 radical (unpaired) electrons. The first-order valence-electron chi connectivity index (χ1n) is 11.3. The third-order valence-electron chi connectivity index (χ3n) is 4.50. The first-order valence-corrected chi connectivity index (χ1v) is 12.8. The first-order chi connectivity index (χ1) is 13.8. The summed E-state index contributed by atoms with van der Waals surface area (Å²) in [5, 5.41) is 0. The summed E-state index contributed by atoms with van der Waals surface area (Å²) in [5.74, 6) is 0. The Morgan fingerprint density at radius 2 is 1.10 bits per heavy atom. The van der Waals surface area contributed by atoms with E-state index in [0.29, 0.717) is 24.2 Å². The molecule has 0 heterocycles. The quantitative estimate of drug-likeness (QED) is 0.143. The lowest BCUT2D eigenvalue weighted by Gasteiger charge is -2.27. The Bertz CT molecular complexity index is 403. The zero-order chi connectivity index (χ0) is 21.8. The summed E-state index contributed by atoms with van der Waals surface area (Å²) in [4.78, 5) is 11.6. The number of unbranched alkanes of at least 4 members (excludes halogenated alkanes) is 9. The molecule has 0 amide bonds. The van der Waals surface area contributed by atoms with Crippen LogP contribution in [-0.4, -0.2) is 71.8 Å². The van der Waals surface area contributed by atoms with Crippen LogP contribution in [0.4, 0.5) is 0 Å². The molecular formula is C21H46NO6P. The molecule has 0 aromatic heterocycles. The molecule has 0 bridgehead atoms. The van der Waals surface area contributed by atoms with Crippen molar-refractivity contribution >= 4 is 7.82 Å². The number of nitrogens with zero attached hydrogens (tertiary/aromatic N) is 1. The summed E-state index contributed by atoms with van der Waals surface area (Å²) >= 11 is 0. The smallest absolute Gasteiger partial charge is 0.268 e. The molecule has 0 spiro atoms. The van der Waals surface area contributed by atoms with Crippen LogP contribution in [0.1, 0.15) is 71.1 Å². The van der Waals surface area contributed by atoms with Crippen LogP contribution in [0.3, 0.4) is 0 Å². The third kappa shape index (κ3) is 24.1. The number of phosphoric acid groups is 1. The highest BCUT2D eigenvalue weighted by Crippen LogP contribution is 2.37. The summed E-state index contributed by atoms with van der Waals surface area (Å²) in [7, 11) is 1.65. The Balaban J connectivity index is 3.28. The molecule has 0 aromatic carbocycles. The van der Waals surface area contributed by atoms with Gasteiger partial charge in [-0.1, -0.05) is 64.7 Å². The van der Waals surface area contributed by atoms with E-state index >= 15 is 0 Å². The summed E-state index contributed by atoms with van der Waals surface area (Å²) in [5.41, 5.74) is 0. The van der Waals surface area contributed by atoms with Crippen molar-refractivity contribution in [1.29, 1.82) is 0 Å². The van der Waals surface area contributed by atoms with Crippen LogP contribution in [0, 0.1) is 0 Å². The lowest BCUT2D eigenvalue weighted by molar-refractivity contribution is -0.870. The number of likely N-dealkylation sites (N-methyl/N-ethyl adjacent to an activating group) is 1. The van der Waals surface area contributed by atoms with Gasteiger partial charge >= 0.3 is 0 Å². The number of hydrogen-bond acceptors (Lipinski definition) is 6. The maximum absolute atomic E-state index is 11.6. The maximum Gasteiger partial charge on any atom is 0.268 e. The number of ether oxygens (including phenoxy) is 2. The van der Waals surface area contributed by atoms with Gasteiger partial charge in [0.05, 0.1) is 47.6 Å². The zero-order valence-electron chi connectivity index (χ0n) is 19.4. The molecule has 29 heavy (non-hydrogen) atoms. The number of phosphoric ester groups is 1. The van der Waals surface area contributed by atoms with Gasteiger partial charge in [-0.25, -0.2) is 0 Å². The lowest BCUT2D eigenvalue weighted by Crippen LogP contribution is -2.37. The van der Waals surface area contributed by atoms with Crippen molar-refractivity contribution in [3.05, 3.63) is 0 Å². The molecule has 8 heteroatoms. The van der Waals surface area contributed by atoms with E-state index in [1.54, 1.807) is 0 Å². The fourth-order valence-corrected chi connectivity index (χ4v) is 3.36. The van der Waals surface area contributed by atoms with Gasteiger partial charge in [-0.3, -0.25) is 4.57 Å². The third-order valence-corrected chi connectivity index (χ3v) is 5.50. The van der Waals surface area contributed by atoms with Crippen molar-refractivity contribution in [2.45, 2.75) is 71.1 Å². The zero-order valence-corrected chi connectivity index (χ0v) is 20.3. The highest BCUT2D eigenvalue weighted by atomic mass is 31.2. The van der Waals surface area contributed by atoms with Crippen molar-refractivity contribution in [1.82, 2.24) is 0 Å². The second-order valence-corrected chi connectivity index (χ2v) is 9.95. The fraction of sp³-hybridized carbons (Fsp3) is 1.00. The van der Waals surface area contributed by atoms with Crippen molar-refractivity contribution in [3.63, 3.8) is 0 Å². The van der Waals surface area contributed by atoms with Gasteiger partial charge in [-0.2, -0.15) is 0 Å². The summed E-state index contributed by atoms with van der Waals surface area (Å²) in [6, 6.07) is 0. The summed E-state index contributed by atoms with van der Waals surface area (Å²) in [6.45, 7) is 4.82. The Morgan fingerprint density at radius 3 is 1.66 bits per heavy atom. The van der Waals surface area contributed by atoms with Crippen LogP contribution in [-0.2, 0) is 23.1 Å². The number of rotatable bonds is 22. The molecule has 7 nitrogen and oxygen atoms in total. The van der Waals surface area contributed by atoms with Crippen molar-refractivity contribution < 1.29 is 32.5 Å². The Hall–Kier alpha value is -0.0100. The molecule has 0 rings (SSSR count). The van der Waals surface area contributed by atoms with Crippen LogP contribution in [0.15, 0.2) is 0 Å². The van der Waals surface area contributed by atoms with E-state index in [0.717, 1.165) is 13.0 Å². The molecular weight excluding hydrogens is 393 g/mol. The highest BCUT2D eigenvalue weighted by molar-refractivity contribution is 7.45. The minimum absolute atomic E-state index is 0.0381. The maximum atomic E-state index is 11.6. The molecule has 0 aliphatic carbocycles. The average molecular weight is 440 g/mol. The largest absolute Gasteiger partial charge is 0.756 e. The Kier molecular flexibility index (Phi) is 18.7. The second-order valence-electron chi connectivity index (χ2n) is 8.53. The normalized spacial score (nSPS) is 14.2. The molecule has 0 saturated carbocycles. The highest BCUT2D eigenvalue weighted by Gasteiger charge is 2.13. The minimum atomic E-state index is -4.24. The molecule has 0 aliphatic rings. The van der Waals surface area contributed by atoms with E-state index in [9.17, 15) is 9.46 Å². The molecule has 0 aliphatic heterocycles. The van der Waals surface area contributed by atoms with E-state index in [1.165, 1.54) is 57.8 Å². The number of quaternary nitrogens is 1. The van der Waals surface area contributed by atoms with Crippen molar-refractivity contribution in [3.8, 4) is 0 Å². The van der Waals surface area contributed by atoms with E-state index in [1.807, 2.05) is 21.1 Å². The molecule has 0 fully saturated rings. The molecule has 176 valence electrons. The molecule has 1 atom stereocenters. The summed E-state index contributed by atoms with van der Waals surface area (Å²) in [6.07, 6.45) is 13.1. The second kappa shape index (κ2) is 18.7. The van der Waals surface area contributed by atoms with Crippen LogP contribution >= 0.6 is 7.82 Å². The van der Waals surface area contributed by atoms with Gasteiger partial charge in [0.1, 0.15) is 13.2 Å². The molecule has 1 unspecified atom stereocenters. The molecule has 0 aromatic rings.